The van der Waals surface area contributed by atoms with Gasteiger partial charge < -0.3 is 9.30 Å². The molecule has 0 bridgehead atoms. The molecule has 5 rings (SSSR count). The molecule has 3 fully saturated rings. The number of alkyl halides is 3. The summed E-state index contributed by atoms with van der Waals surface area (Å²) in [6, 6.07) is 2.22. The number of hydrogen-bond donors (Lipinski definition) is 0. The smallest absolute Gasteiger partial charge is 0.380 e. The molecule has 32 heavy (non-hydrogen) atoms. The number of pyridine rings is 1. The Labute approximate surface area is 187 Å². The predicted molar refractivity (Wildman–Crippen MR) is 115 cm³/mol. The summed E-state index contributed by atoms with van der Waals surface area (Å²) < 4.78 is 48.0. The van der Waals surface area contributed by atoms with Crippen LogP contribution in [0.5, 0.6) is 0 Å². The zero-order valence-corrected chi connectivity index (χ0v) is 18.9. The highest BCUT2D eigenvalue weighted by atomic mass is 19.4. The predicted octanol–water partition coefficient (Wildman–Crippen LogP) is 5.07. The van der Waals surface area contributed by atoms with Crippen molar-refractivity contribution < 1.29 is 17.9 Å². The van der Waals surface area contributed by atoms with Crippen molar-refractivity contribution in [1.29, 1.82) is 0 Å². The van der Waals surface area contributed by atoms with Crippen LogP contribution in [0.15, 0.2) is 18.5 Å². The number of imidazole rings is 1. The molecular formula is C24H31F3N4O. The number of aryl methyl sites for hydroxylation is 1. The van der Waals surface area contributed by atoms with Gasteiger partial charge in [0, 0.05) is 61.3 Å². The third kappa shape index (κ3) is 3.96. The summed E-state index contributed by atoms with van der Waals surface area (Å²) in [6.07, 6.45) is 2.51. The van der Waals surface area contributed by atoms with Gasteiger partial charge in [0.25, 0.3) is 0 Å². The normalized spacial score (nSPS) is 28.7. The summed E-state index contributed by atoms with van der Waals surface area (Å²) in [5, 5.41) is 0. The molecule has 0 N–H and O–H groups in total. The van der Waals surface area contributed by atoms with Crippen LogP contribution in [0.25, 0.3) is 11.3 Å². The van der Waals surface area contributed by atoms with Crippen LogP contribution in [-0.4, -0.2) is 51.8 Å². The molecule has 4 atom stereocenters. The van der Waals surface area contributed by atoms with E-state index in [2.05, 4.69) is 28.3 Å². The van der Waals surface area contributed by atoms with E-state index in [1.54, 1.807) is 0 Å². The van der Waals surface area contributed by atoms with Crippen LogP contribution in [0.1, 0.15) is 62.2 Å². The minimum atomic E-state index is -4.42. The first kappa shape index (κ1) is 21.9. The zero-order chi connectivity index (χ0) is 22.6. The molecule has 2 unspecified atom stereocenters. The molecular weight excluding hydrogens is 417 g/mol. The highest BCUT2D eigenvalue weighted by Crippen LogP contribution is 2.62. The topological polar surface area (TPSA) is 43.2 Å². The van der Waals surface area contributed by atoms with Crippen LogP contribution in [0.3, 0.4) is 0 Å². The Bertz CT molecular complexity index is 966. The number of hydrogen-bond acceptors (Lipinski definition) is 4. The van der Waals surface area contributed by atoms with Gasteiger partial charge in [0.2, 0.25) is 0 Å². The van der Waals surface area contributed by atoms with Crippen molar-refractivity contribution in [2.24, 2.45) is 11.8 Å². The first-order valence-corrected chi connectivity index (χ1v) is 11.7. The molecule has 2 saturated carbocycles. The third-order valence-corrected chi connectivity index (χ3v) is 7.43. The second kappa shape index (κ2) is 8.13. The molecule has 3 heterocycles. The fraction of sp³-hybridized carbons (Fsp3) is 0.667. The van der Waals surface area contributed by atoms with E-state index in [-0.39, 0.29) is 11.6 Å². The summed E-state index contributed by atoms with van der Waals surface area (Å²) in [5.74, 6) is 2.41. The molecule has 2 aromatic rings. The summed E-state index contributed by atoms with van der Waals surface area (Å²) in [4.78, 5) is 11.4. The van der Waals surface area contributed by atoms with Crippen LogP contribution in [0.2, 0.25) is 0 Å². The van der Waals surface area contributed by atoms with E-state index in [0.717, 1.165) is 38.5 Å². The molecule has 2 aromatic heterocycles. The summed E-state index contributed by atoms with van der Waals surface area (Å²) in [7, 11) is 0. The monoisotopic (exact) mass is 448 g/mol. The minimum absolute atomic E-state index is 0.00792. The molecule has 1 aliphatic heterocycles. The average Bonchev–Trinajstić information content (AvgIpc) is 3.06. The van der Waals surface area contributed by atoms with Crippen molar-refractivity contribution in [1.82, 2.24) is 19.4 Å². The SMILES string of the molecule is Cc1ncc(-c2cn(C3[C@H]4CC(N5CCCOCC5)C[C@@H]34)c(C(C)C)n2)cc1C(F)(F)F. The van der Waals surface area contributed by atoms with Crippen LogP contribution in [-0.2, 0) is 10.9 Å². The lowest BCUT2D eigenvalue weighted by molar-refractivity contribution is -0.138. The van der Waals surface area contributed by atoms with Gasteiger partial charge in [-0.25, -0.2) is 4.98 Å². The van der Waals surface area contributed by atoms with Crippen molar-refractivity contribution >= 4 is 0 Å². The molecule has 3 aliphatic rings. The number of ether oxygens (including phenoxy) is 1. The van der Waals surface area contributed by atoms with Crippen molar-refractivity contribution in [3.63, 3.8) is 0 Å². The fourth-order valence-electron chi connectivity index (χ4n) is 5.79. The Kier molecular flexibility index (Phi) is 5.56. The molecule has 0 radical (unpaired) electrons. The molecule has 0 aromatic carbocycles. The van der Waals surface area contributed by atoms with Crippen molar-refractivity contribution in [2.75, 3.05) is 26.3 Å². The van der Waals surface area contributed by atoms with Crippen LogP contribution in [0, 0.1) is 18.8 Å². The highest BCUT2D eigenvalue weighted by molar-refractivity contribution is 5.59. The Morgan fingerprint density at radius 1 is 1.12 bits per heavy atom. The van der Waals surface area contributed by atoms with Gasteiger partial charge in [0.15, 0.2) is 0 Å². The summed E-state index contributed by atoms with van der Waals surface area (Å²) in [5.41, 5.74) is 0.310. The van der Waals surface area contributed by atoms with Gasteiger partial charge in [-0.1, -0.05) is 13.8 Å². The first-order valence-electron chi connectivity index (χ1n) is 11.7. The second-order valence-electron chi connectivity index (χ2n) is 9.85. The van der Waals surface area contributed by atoms with Crippen LogP contribution < -0.4 is 0 Å². The van der Waals surface area contributed by atoms with E-state index in [4.69, 9.17) is 9.72 Å². The lowest BCUT2D eigenvalue weighted by atomic mass is 10.1. The third-order valence-electron chi connectivity index (χ3n) is 7.43. The molecule has 1 saturated heterocycles. The van der Waals surface area contributed by atoms with E-state index >= 15 is 0 Å². The van der Waals surface area contributed by atoms with Gasteiger partial charge in [0.1, 0.15) is 5.82 Å². The van der Waals surface area contributed by atoms with E-state index in [1.165, 1.54) is 32.0 Å². The van der Waals surface area contributed by atoms with Crippen molar-refractivity contribution in [3.8, 4) is 11.3 Å². The quantitative estimate of drug-likeness (QED) is 0.655. The van der Waals surface area contributed by atoms with Gasteiger partial charge in [0.05, 0.1) is 17.9 Å². The molecule has 8 heteroatoms. The van der Waals surface area contributed by atoms with Gasteiger partial charge >= 0.3 is 6.18 Å². The maximum Gasteiger partial charge on any atom is 0.418 e. The van der Waals surface area contributed by atoms with Gasteiger partial charge in [-0.3, -0.25) is 9.88 Å². The minimum Gasteiger partial charge on any atom is -0.380 e. The summed E-state index contributed by atoms with van der Waals surface area (Å²) >= 11 is 0. The average molecular weight is 449 g/mol. The van der Waals surface area contributed by atoms with Crippen LogP contribution in [0.4, 0.5) is 13.2 Å². The largest absolute Gasteiger partial charge is 0.418 e. The fourth-order valence-corrected chi connectivity index (χ4v) is 5.79. The highest BCUT2D eigenvalue weighted by Gasteiger charge is 2.58. The Hall–Kier alpha value is -1.93. The maximum atomic E-state index is 13.4. The van der Waals surface area contributed by atoms with E-state index in [0.29, 0.717) is 35.2 Å². The molecule has 174 valence electrons. The number of fused-ring (bicyclic) bond motifs is 1. The first-order chi connectivity index (χ1) is 15.2. The van der Waals surface area contributed by atoms with Crippen molar-refractivity contribution in [2.45, 2.75) is 64.2 Å². The number of aromatic nitrogens is 3. The maximum absolute atomic E-state index is 13.4. The molecule has 0 amide bonds. The van der Waals surface area contributed by atoms with Crippen molar-refractivity contribution in [3.05, 3.63) is 35.5 Å². The van der Waals surface area contributed by atoms with E-state index < -0.39 is 11.7 Å². The number of nitrogens with zero attached hydrogens (tertiary/aromatic N) is 4. The van der Waals surface area contributed by atoms with Crippen LogP contribution >= 0.6 is 0 Å². The van der Waals surface area contributed by atoms with Gasteiger partial charge in [-0.15, -0.1) is 0 Å². The Morgan fingerprint density at radius 2 is 1.88 bits per heavy atom. The lowest BCUT2D eigenvalue weighted by Crippen LogP contribution is -2.36. The number of halogens is 3. The summed E-state index contributed by atoms with van der Waals surface area (Å²) in [6.45, 7) is 9.39. The Balaban J connectivity index is 1.37. The van der Waals surface area contributed by atoms with E-state index in [9.17, 15) is 13.2 Å². The lowest BCUT2D eigenvalue weighted by Gasteiger charge is -2.29. The number of rotatable bonds is 4. The molecule has 2 aliphatic carbocycles. The second-order valence-corrected chi connectivity index (χ2v) is 9.85. The standard InChI is InChI=1S/C24H31F3N4O/c1-14(2)23-29-21(16-9-20(24(25,26)27)15(3)28-12-16)13-31(23)22-18-10-17(11-19(18)22)30-5-4-7-32-8-6-30/h9,12-14,17-19,22H,4-8,10-11H2,1-3H3/t17?,18-,19+,22?. The zero-order valence-electron chi connectivity index (χ0n) is 18.9. The molecule has 0 spiro atoms. The van der Waals surface area contributed by atoms with Gasteiger partial charge in [-0.2, -0.15) is 13.2 Å². The van der Waals surface area contributed by atoms with E-state index in [1.807, 2.05) is 6.20 Å². The molecule has 5 nitrogen and oxygen atoms in total. The van der Waals surface area contributed by atoms with Gasteiger partial charge in [-0.05, 0) is 44.1 Å². The Morgan fingerprint density at radius 3 is 2.56 bits per heavy atom.